The lowest BCUT2D eigenvalue weighted by molar-refractivity contribution is 0.214. The molecule has 0 radical (unpaired) electrons. The Morgan fingerprint density at radius 2 is 1.91 bits per heavy atom. The van der Waals surface area contributed by atoms with Crippen LogP contribution in [0.25, 0.3) is 10.9 Å². The van der Waals surface area contributed by atoms with Crippen molar-refractivity contribution in [1.82, 2.24) is 13.8 Å². The van der Waals surface area contributed by atoms with Gasteiger partial charge in [0.15, 0.2) is 0 Å². The molecule has 1 saturated heterocycles. The van der Waals surface area contributed by atoms with Crippen LogP contribution in [0.4, 0.5) is 10.5 Å². The fourth-order valence-corrected chi connectivity index (χ4v) is 5.72. The molecule has 1 aromatic heterocycles. The summed E-state index contributed by atoms with van der Waals surface area (Å²) in [6.45, 7) is 6.15. The zero-order valence-corrected chi connectivity index (χ0v) is 19.8. The molecule has 2 heterocycles. The second-order valence-electron chi connectivity index (χ2n) is 7.91. The molecule has 0 saturated carbocycles. The highest BCUT2D eigenvalue weighted by Crippen LogP contribution is 2.25. The number of carbonyl (C=O) groups is 1. The highest BCUT2D eigenvalue weighted by molar-refractivity contribution is 7.89. The zero-order valence-electron chi connectivity index (χ0n) is 18.2. The Balaban J connectivity index is 1.47. The van der Waals surface area contributed by atoms with Crippen LogP contribution in [0.1, 0.15) is 18.9 Å². The molecule has 0 aliphatic carbocycles. The number of amides is 2. The van der Waals surface area contributed by atoms with Gasteiger partial charge in [-0.3, -0.25) is 0 Å². The second kappa shape index (κ2) is 9.13. The van der Waals surface area contributed by atoms with E-state index in [0.717, 1.165) is 23.0 Å². The molecule has 7 nitrogen and oxygen atoms in total. The number of fused-ring (bicyclic) bond motifs is 1. The molecular formula is C23H27ClN4O3S. The van der Waals surface area contributed by atoms with Crippen LogP contribution in [0.2, 0.25) is 5.02 Å². The minimum absolute atomic E-state index is 0.248. The molecule has 1 aliphatic rings. The summed E-state index contributed by atoms with van der Waals surface area (Å²) in [5.41, 5.74) is 2.47. The van der Waals surface area contributed by atoms with E-state index in [4.69, 9.17) is 11.6 Å². The van der Waals surface area contributed by atoms with Crippen molar-refractivity contribution in [3.05, 3.63) is 59.2 Å². The van der Waals surface area contributed by atoms with Gasteiger partial charge in [-0.2, -0.15) is 4.31 Å². The summed E-state index contributed by atoms with van der Waals surface area (Å²) in [5, 5.41) is 4.38. The first kappa shape index (κ1) is 22.6. The van der Waals surface area contributed by atoms with Gasteiger partial charge in [-0.15, -0.1) is 0 Å². The highest BCUT2D eigenvalue weighted by Gasteiger charge is 2.28. The number of sulfonamides is 1. The maximum Gasteiger partial charge on any atom is 0.321 e. The van der Waals surface area contributed by atoms with E-state index < -0.39 is 10.0 Å². The summed E-state index contributed by atoms with van der Waals surface area (Å²) in [5.74, 6) is 0. The van der Waals surface area contributed by atoms with E-state index in [0.29, 0.717) is 36.8 Å². The van der Waals surface area contributed by atoms with Gasteiger partial charge < -0.3 is 14.8 Å². The average Bonchev–Trinajstić information content (AvgIpc) is 3.02. The predicted octanol–water partition coefficient (Wildman–Crippen LogP) is 4.55. The van der Waals surface area contributed by atoms with E-state index >= 15 is 0 Å². The normalized spacial score (nSPS) is 15.7. The Morgan fingerprint density at radius 1 is 1.09 bits per heavy atom. The Kier molecular flexibility index (Phi) is 6.46. The molecular weight excluding hydrogens is 448 g/mol. The maximum atomic E-state index is 13.3. The van der Waals surface area contributed by atoms with Gasteiger partial charge >= 0.3 is 6.03 Å². The van der Waals surface area contributed by atoms with Crippen molar-refractivity contribution in [2.75, 3.05) is 31.5 Å². The third kappa shape index (κ3) is 4.35. The molecule has 170 valence electrons. The van der Waals surface area contributed by atoms with Crippen LogP contribution in [0.3, 0.4) is 0 Å². The van der Waals surface area contributed by atoms with Gasteiger partial charge in [0, 0.05) is 60.5 Å². The summed E-state index contributed by atoms with van der Waals surface area (Å²) in [4.78, 5) is 14.7. The molecule has 4 rings (SSSR count). The van der Waals surface area contributed by atoms with Crippen LogP contribution in [-0.4, -0.2) is 54.4 Å². The Labute approximate surface area is 193 Å². The summed E-state index contributed by atoms with van der Waals surface area (Å²) in [6, 6.07) is 12.3. The quantitative estimate of drug-likeness (QED) is 0.602. The van der Waals surface area contributed by atoms with Gasteiger partial charge in [0.05, 0.1) is 4.90 Å². The molecule has 32 heavy (non-hydrogen) atoms. The first-order valence-electron chi connectivity index (χ1n) is 10.7. The lowest BCUT2D eigenvalue weighted by Gasteiger charge is -2.23. The zero-order chi connectivity index (χ0) is 22.9. The molecule has 0 unspecified atom stereocenters. The number of nitrogens with zero attached hydrogens (tertiary/aromatic N) is 3. The van der Waals surface area contributed by atoms with Gasteiger partial charge in [-0.1, -0.05) is 17.7 Å². The molecule has 3 aromatic rings. The first-order chi connectivity index (χ1) is 15.3. The van der Waals surface area contributed by atoms with Gasteiger partial charge in [-0.05, 0) is 62.2 Å². The minimum atomic E-state index is -3.65. The summed E-state index contributed by atoms with van der Waals surface area (Å²) in [6.07, 6.45) is 2.53. The predicted molar refractivity (Wildman–Crippen MR) is 128 cm³/mol. The first-order valence-corrected chi connectivity index (χ1v) is 12.5. The smallest absolute Gasteiger partial charge is 0.321 e. The van der Waals surface area contributed by atoms with E-state index in [1.165, 1.54) is 4.31 Å². The fourth-order valence-electron chi connectivity index (χ4n) is 4.04. The number of anilines is 1. The molecule has 2 aromatic carbocycles. The molecule has 1 aliphatic heterocycles. The van der Waals surface area contributed by atoms with Crippen LogP contribution >= 0.6 is 11.6 Å². The van der Waals surface area contributed by atoms with E-state index in [1.807, 2.05) is 25.3 Å². The Morgan fingerprint density at radius 3 is 2.69 bits per heavy atom. The highest BCUT2D eigenvalue weighted by atomic mass is 35.5. The van der Waals surface area contributed by atoms with Crippen LogP contribution in [0.5, 0.6) is 0 Å². The number of carbonyl (C=O) groups excluding carboxylic acids is 1. The number of benzene rings is 2. The molecule has 2 amide bonds. The van der Waals surface area contributed by atoms with E-state index in [1.54, 1.807) is 35.2 Å². The maximum absolute atomic E-state index is 13.3. The van der Waals surface area contributed by atoms with Gasteiger partial charge in [0.2, 0.25) is 10.0 Å². The summed E-state index contributed by atoms with van der Waals surface area (Å²) >= 11 is 6.14. The standard InChI is InChI=1S/C23H27ClN4O3S/c1-3-26-13-10-18-16-19(8-9-22(18)26)32(30,31)28-12-5-11-27(14-15-28)23(29)25-21-7-4-6-20(24)17(21)2/h4,6-10,13,16H,3,5,11-12,14-15H2,1-2H3,(H,25,29). The molecule has 1 N–H and O–H groups in total. The third-order valence-electron chi connectivity index (χ3n) is 5.97. The van der Waals surface area contributed by atoms with E-state index in [2.05, 4.69) is 16.8 Å². The number of hydrogen-bond donors (Lipinski definition) is 1. The molecule has 9 heteroatoms. The lowest BCUT2D eigenvalue weighted by atomic mass is 10.2. The SMILES string of the molecule is CCn1ccc2cc(S(=O)(=O)N3CCCN(C(=O)Nc4cccc(Cl)c4C)CC3)ccc21. The van der Waals surface area contributed by atoms with Crippen molar-refractivity contribution >= 4 is 44.2 Å². The number of aromatic nitrogens is 1. The number of nitrogens with one attached hydrogen (secondary N) is 1. The van der Waals surface area contributed by atoms with E-state index in [-0.39, 0.29) is 17.5 Å². The topological polar surface area (TPSA) is 74.7 Å². The molecule has 0 spiro atoms. The Bertz CT molecular complexity index is 1260. The number of halogens is 1. The number of rotatable bonds is 4. The molecule has 0 bridgehead atoms. The van der Waals surface area contributed by atoms with Crippen LogP contribution in [0, 0.1) is 6.92 Å². The largest absolute Gasteiger partial charge is 0.348 e. The van der Waals surface area contributed by atoms with Crippen molar-refractivity contribution in [1.29, 1.82) is 0 Å². The van der Waals surface area contributed by atoms with E-state index in [9.17, 15) is 13.2 Å². The van der Waals surface area contributed by atoms with Crippen molar-refractivity contribution < 1.29 is 13.2 Å². The van der Waals surface area contributed by atoms with Crippen molar-refractivity contribution in [3.63, 3.8) is 0 Å². The number of urea groups is 1. The lowest BCUT2D eigenvalue weighted by Crippen LogP contribution is -2.39. The third-order valence-corrected chi connectivity index (χ3v) is 8.28. The molecule has 1 fully saturated rings. The monoisotopic (exact) mass is 474 g/mol. The summed E-state index contributed by atoms with van der Waals surface area (Å²) in [7, 11) is -3.65. The van der Waals surface area contributed by atoms with Gasteiger partial charge in [0.1, 0.15) is 0 Å². The average molecular weight is 475 g/mol. The van der Waals surface area contributed by atoms with Crippen LogP contribution < -0.4 is 5.32 Å². The van der Waals surface area contributed by atoms with Gasteiger partial charge in [0.25, 0.3) is 0 Å². The van der Waals surface area contributed by atoms with Crippen molar-refractivity contribution in [2.45, 2.75) is 31.7 Å². The fraction of sp³-hybridized carbons (Fsp3) is 0.348. The Hall–Kier alpha value is -2.55. The minimum Gasteiger partial charge on any atom is -0.348 e. The number of hydrogen-bond acceptors (Lipinski definition) is 3. The van der Waals surface area contributed by atoms with Crippen molar-refractivity contribution in [2.24, 2.45) is 0 Å². The second-order valence-corrected chi connectivity index (χ2v) is 10.3. The van der Waals surface area contributed by atoms with Gasteiger partial charge in [-0.25, -0.2) is 13.2 Å². The molecule has 0 atom stereocenters. The van der Waals surface area contributed by atoms with Crippen molar-refractivity contribution in [3.8, 4) is 0 Å². The van der Waals surface area contributed by atoms with Crippen LogP contribution in [0.15, 0.2) is 53.6 Å². The number of aryl methyl sites for hydroxylation is 1. The summed E-state index contributed by atoms with van der Waals surface area (Å²) < 4.78 is 30.1. The van der Waals surface area contributed by atoms with Crippen LogP contribution in [-0.2, 0) is 16.6 Å².